The smallest absolute Gasteiger partial charge is 0.269 e. The summed E-state index contributed by atoms with van der Waals surface area (Å²) < 4.78 is 1.74. The fourth-order valence-corrected chi connectivity index (χ4v) is 4.41. The van der Waals surface area contributed by atoms with Crippen molar-refractivity contribution >= 4 is 17.3 Å². The van der Waals surface area contributed by atoms with Crippen LogP contribution in [0.2, 0.25) is 0 Å². The van der Waals surface area contributed by atoms with Crippen LogP contribution >= 0.6 is 0 Å². The minimum atomic E-state index is -0.437. The number of benzene rings is 3. The number of nitro groups is 1. The molecule has 1 N–H and O–H groups in total. The van der Waals surface area contributed by atoms with Crippen LogP contribution in [0, 0.1) is 10.1 Å². The van der Waals surface area contributed by atoms with Gasteiger partial charge in [0.05, 0.1) is 22.7 Å². The van der Waals surface area contributed by atoms with Gasteiger partial charge in [-0.15, -0.1) is 0 Å². The number of phenolic OH excluding ortho intramolecular Hbond substituents is 1. The molecule has 182 valence electrons. The second kappa shape index (κ2) is 9.91. The predicted molar refractivity (Wildman–Crippen MR) is 136 cm³/mol. The first-order valence-corrected chi connectivity index (χ1v) is 11.7. The largest absolute Gasteiger partial charge is 0.508 e. The summed E-state index contributed by atoms with van der Waals surface area (Å²) in [4.78, 5) is 27.9. The molecule has 0 radical (unpaired) electrons. The van der Waals surface area contributed by atoms with E-state index in [-0.39, 0.29) is 23.8 Å². The van der Waals surface area contributed by atoms with Crippen LogP contribution in [0.25, 0.3) is 16.9 Å². The minimum Gasteiger partial charge on any atom is -0.508 e. The Kier molecular flexibility index (Phi) is 6.36. The summed E-state index contributed by atoms with van der Waals surface area (Å²) in [7, 11) is 0. The molecule has 5 rings (SSSR count). The van der Waals surface area contributed by atoms with Crippen molar-refractivity contribution in [1.29, 1.82) is 0 Å². The lowest BCUT2D eigenvalue weighted by atomic mass is 10.0. The number of anilines is 1. The predicted octanol–water partition coefficient (Wildman–Crippen LogP) is 4.04. The van der Waals surface area contributed by atoms with Crippen molar-refractivity contribution in [2.24, 2.45) is 0 Å². The lowest BCUT2D eigenvalue weighted by molar-refractivity contribution is -0.384. The van der Waals surface area contributed by atoms with Crippen molar-refractivity contribution in [2.45, 2.75) is 6.42 Å². The average molecular weight is 484 g/mol. The zero-order valence-electron chi connectivity index (χ0n) is 19.5. The third-order valence-corrected chi connectivity index (χ3v) is 6.33. The van der Waals surface area contributed by atoms with Crippen LogP contribution in [0.4, 0.5) is 11.4 Å². The summed E-state index contributed by atoms with van der Waals surface area (Å²) in [6, 6.07) is 23.0. The number of para-hydroxylation sites is 1. The van der Waals surface area contributed by atoms with Gasteiger partial charge < -0.3 is 14.9 Å². The fraction of sp³-hybridized carbons (Fsp3) is 0.185. The van der Waals surface area contributed by atoms with Crippen LogP contribution in [0.15, 0.2) is 85.1 Å². The van der Waals surface area contributed by atoms with Gasteiger partial charge in [0.2, 0.25) is 5.91 Å². The molecular weight excluding hydrogens is 458 g/mol. The van der Waals surface area contributed by atoms with Crippen molar-refractivity contribution in [2.75, 3.05) is 31.1 Å². The van der Waals surface area contributed by atoms with Crippen LogP contribution in [0.5, 0.6) is 5.75 Å². The lowest BCUT2D eigenvalue weighted by Crippen LogP contribution is -2.49. The number of nitrogens with zero attached hydrogens (tertiary/aromatic N) is 5. The van der Waals surface area contributed by atoms with Gasteiger partial charge in [-0.05, 0) is 36.4 Å². The van der Waals surface area contributed by atoms with Crippen molar-refractivity contribution in [3.05, 3.63) is 101 Å². The molecule has 0 bridgehead atoms. The van der Waals surface area contributed by atoms with Crippen LogP contribution < -0.4 is 4.90 Å². The highest BCUT2D eigenvalue weighted by molar-refractivity contribution is 5.81. The summed E-state index contributed by atoms with van der Waals surface area (Å²) in [5.41, 5.74) is 3.90. The van der Waals surface area contributed by atoms with Gasteiger partial charge in [0.25, 0.3) is 5.69 Å². The van der Waals surface area contributed by atoms with Gasteiger partial charge in [-0.1, -0.05) is 24.3 Å². The summed E-state index contributed by atoms with van der Waals surface area (Å²) in [5, 5.41) is 25.6. The molecule has 3 aromatic carbocycles. The summed E-state index contributed by atoms with van der Waals surface area (Å²) >= 11 is 0. The second-order valence-corrected chi connectivity index (χ2v) is 8.65. The van der Waals surface area contributed by atoms with E-state index in [0.29, 0.717) is 37.4 Å². The fourth-order valence-electron chi connectivity index (χ4n) is 4.41. The number of aromatic hydroxyl groups is 1. The van der Waals surface area contributed by atoms with Crippen molar-refractivity contribution in [1.82, 2.24) is 14.7 Å². The highest BCUT2D eigenvalue weighted by atomic mass is 16.6. The number of amides is 1. The number of hydrogen-bond donors (Lipinski definition) is 1. The SMILES string of the molecule is O=C(Cc1cn(-c2ccccc2)nc1-c1ccc([N+](=O)[O-])cc1)N1CCN(c2cccc(O)c2)CC1. The molecule has 1 aromatic heterocycles. The van der Waals surface area contributed by atoms with Gasteiger partial charge in [-0.3, -0.25) is 14.9 Å². The maximum absolute atomic E-state index is 13.3. The van der Waals surface area contributed by atoms with Gasteiger partial charge in [-0.2, -0.15) is 5.10 Å². The molecule has 0 atom stereocenters. The molecule has 1 fully saturated rings. The summed E-state index contributed by atoms with van der Waals surface area (Å²) in [6.45, 7) is 2.50. The van der Waals surface area contributed by atoms with Gasteiger partial charge in [0, 0.05) is 67.4 Å². The molecule has 1 aliphatic rings. The van der Waals surface area contributed by atoms with E-state index >= 15 is 0 Å². The molecule has 1 aliphatic heterocycles. The van der Waals surface area contributed by atoms with E-state index in [0.717, 1.165) is 16.9 Å². The van der Waals surface area contributed by atoms with Crippen LogP contribution in [-0.4, -0.2) is 56.8 Å². The first kappa shape index (κ1) is 23.1. The first-order chi connectivity index (χ1) is 17.5. The second-order valence-electron chi connectivity index (χ2n) is 8.65. The zero-order valence-corrected chi connectivity index (χ0v) is 19.5. The van der Waals surface area contributed by atoms with Crippen LogP contribution in [0.1, 0.15) is 5.56 Å². The van der Waals surface area contributed by atoms with E-state index in [2.05, 4.69) is 4.90 Å². The number of non-ortho nitro benzene ring substituents is 1. The third-order valence-electron chi connectivity index (χ3n) is 6.33. The van der Waals surface area contributed by atoms with E-state index in [1.54, 1.807) is 28.9 Å². The van der Waals surface area contributed by atoms with Gasteiger partial charge in [0.15, 0.2) is 0 Å². The molecule has 1 saturated heterocycles. The maximum atomic E-state index is 13.3. The molecule has 0 aliphatic carbocycles. The highest BCUT2D eigenvalue weighted by Crippen LogP contribution is 2.27. The van der Waals surface area contributed by atoms with E-state index < -0.39 is 4.92 Å². The van der Waals surface area contributed by atoms with Gasteiger partial charge >= 0.3 is 0 Å². The van der Waals surface area contributed by atoms with E-state index in [1.807, 2.05) is 53.6 Å². The van der Waals surface area contributed by atoms with E-state index in [1.165, 1.54) is 12.1 Å². The topological polar surface area (TPSA) is 105 Å². The molecule has 4 aromatic rings. The van der Waals surface area contributed by atoms with Crippen LogP contribution in [0.3, 0.4) is 0 Å². The van der Waals surface area contributed by atoms with Crippen molar-refractivity contribution < 1.29 is 14.8 Å². The molecule has 0 unspecified atom stereocenters. The molecule has 9 heteroatoms. The number of piperazine rings is 1. The Hall–Kier alpha value is -4.66. The van der Waals surface area contributed by atoms with Crippen molar-refractivity contribution in [3.63, 3.8) is 0 Å². The molecular formula is C27H25N5O4. The minimum absolute atomic E-state index is 0.00123. The maximum Gasteiger partial charge on any atom is 0.269 e. The number of aromatic nitrogens is 2. The summed E-state index contributed by atoms with van der Waals surface area (Å²) in [6.07, 6.45) is 2.03. The Morgan fingerprint density at radius 1 is 0.917 bits per heavy atom. The lowest BCUT2D eigenvalue weighted by Gasteiger charge is -2.36. The number of carbonyl (C=O) groups excluding carboxylic acids is 1. The highest BCUT2D eigenvalue weighted by Gasteiger charge is 2.24. The molecule has 1 amide bonds. The average Bonchev–Trinajstić information content (AvgIpc) is 3.33. The number of phenols is 1. The van der Waals surface area contributed by atoms with Gasteiger partial charge in [-0.25, -0.2) is 4.68 Å². The Morgan fingerprint density at radius 3 is 2.28 bits per heavy atom. The Bertz CT molecular complexity index is 1380. The standard InChI is InChI=1S/C27H25N5O4/c33-25-8-4-7-24(18-25)29-13-15-30(16-14-29)26(34)17-21-19-31(22-5-2-1-3-6-22)28-27(21)20-9-11-23(12-10-20)32(35)36/h1-12,18-19,33H,13-17H2. The van der Waals surface area contributed by atoms with E-state index in [9.17, 15) is 20.0 Å². The van der Waals surface area contributed by atoms with Crippen LogP contribution in [-0.2, 0) is 11.2 Å². The van der Waals surface area contributed by atoms with Crippen molar-refractivity contribution in [3.8, 4) is 22.7 Å². The first-order valence-electron chi connectivity index (χ1n) is 11.7. The Labute approximate surface area is 208 Å². The number of rotatable bonds is 6. The third kappa shape index (κ3) is 4.90. The molecule has 9 nitrogen and oxygen atoms in total. The molecule has 0 spiro atoms. The quantitative estimate of drug-likeness (QED) is 0.328. The number of hydrogen-bond acceptors (Lipinski definition) is 6. The Morgan fingerprint density at radius 2 is 1.61 bits per heavy atom. The molecule has 0 saturated carbocycles. The Balaban J connectivity index is 1.36. The van der Waals surface area contributed by atoms with Gasteiger partial charge in [0.1, 0.15) is 5.75 Å². The molecule has 36 heavy (non-hydrogen) atoms. The number of nitro benzene ring substituents is 1. The van der Waals surface area contributed by atoms with E-state index in [4.69, 9.17) is 5.10 Å². The normalized spacial score (nSPS) is 13.6. The molecule has 2 heterocycles. The number of carbonyl (C=O) groups is 1. The summed E-state index contributed by atoms with van der Waals surface area (Å²) in [5.74, 6) is 0.224. The monoisotopic (exact) mass is 483 g/mol. The zero-order chi connectivity index (χ0) is 25.1.